The molecule has 0 spiro atoms. The van der Waals surface area contributed by atoms with Crippen LogP contribution in [0.2, 0.25) is 10.0 Å². The summed E-state index contributed by atoms with van der Waals surface area (Å²) in [6.45, 7) is 0. The molecule has 0 fully saturated rings. The van der Waals surface area contributed by atoms with Gasteiger partial charge in [-0.2, -0.15) is 5.10 Å². The molecule has 1 aromatic carbocycles. The van der Waals surface area contributed by atoms with Crippen molar-refractivity contribution in [2.75, 3.05) is 5.32 Å². The van der Waals surface area contributed by atoms with E-state index in [1.54, 1.807) is 48.3 Å². The average molecular weight is 296 g/mol. The van der Waals surface area contributed by atoms with E-state index in [0.717, 1.165) is 5.56 Å². The summed E-state index contributed by atoms with van der Waals surface area (Å²) in [4.78, 5) is 11.6. The third-order valence-corrected chi connectivity index (χ3v) is 3.07. The number of aryl methyl sites for hydroxylation is 1. The van der Waals surface area contributed by atoms with Gasteiger partial charge in [0.15, 0.2) is 5.82 Å². The van der Waals surface area contributed by atoms with E-state index in [-0.39, 0.29) is 5.91 Å². The molecule has 1 N–H and O–H groups in total. The van der Waals surface area contributed by atoms with E-state index in [1.807, 2.05) is 0 Å². The highest BCUT2D eigenvalue weighted by atomic mass is 35.5. The Balaban J connectivity index is 2.01. The summed E-state index contributed by atoms with van der Waals surface area (Å²) >= 11 is 11.7. The molecule has 6 heteroatoms. The highest BCUT2D eigenvalue weighted by Crippen LogP contribution is 2.23. The zero-order valence-corrected chi connectivity index (χ0v) is 11.6. The maximum Gasteiger partial charge on any atom is 0.249 e. The minimum atomic E-state index is -0.259. The van der Waals surface area contributed by atoms with Crippen LogP contribution in [0.15, 0.2) is 36.5 Å². The van der Waals surface area contributed by atoms with Crippen molar-refractivity contribution in [1.82, 2.24) is 9.78 Å². The molecule has 0 aliphatic heterocycles. The maximum atomic E-state index is 11.6. The normalized spacial score (nSPS) is 10.9. The van der Waals surface area contributed by atoms with Crippen molar-refractivity contribution in [3.8, 4) is 0 Å². The molecule has 2 rings (SSSR count). The predicted octanol–water partition coefficient (Wildman–Crippen LogP) is 3.38. The van der Waals surface area contributed by atoms with Crippen molar-refractivity contribution >= 4 is 41.0 Å². The van der Waals surface area contributed by atoms with Gasteiger partial charge < -0.3 is 5.32 Å². The number of nitrogens with one attached hydrogen (secondary N) is 1. The third-order valence-electron chi connectivity index (χ3n) is 2.34. The molecule has 19 heavy (non-hydrogen) atoms. The quantitative estimate of drug-likeness (QED) is 0.883. The fraction of sp³-hybridized carbons (Fsp3) is 0.0769. The second-order valence-corrected chi connectivity index (χ2v) is 4.69. The van der Waals surface area contributed by atoms with E-state index in [9.17, 15) is 4.79 Å². The van der Waals surface area contributed by atoms with Crippen molar-refractivity contribution in [3.05, 3.63) is 52.1 Å². The Hall–Kier alpha value is -1.78. The van der Waals surface area contributed by atoms with Crippen LogP contribution >= 0.6 is 23.2 Å². The molecule has 0 saturated carbocycles. The van der Waals surface area contributed by atoms with Crippen molar-refractivity contribution in [3.63, 3.8) is 0 Å². The number of halogens is 2. The van der Waals surface area contributed by atoms with E-state index in [1.165, 1.54) is 6.08 Å². The number of aromatic nitrogens is 2. The monoisotopic (exact) mass is 295 g/mol. The molecular formula is C13H11Cl2N3O. The number of amides is 1. The summed E-state index contributed by atoms with van der Waals surface area (Å²) in [6, 6.07) is 6.86. The third kappa shape index (κ3) is 3.84. The molecule has 0 radical (unpaired) electrons. The molecule has 1 heterocycles. The molecule has 0 atom stereocenters. The van der Waals surface area contributed by atoms with Gasteiger partial charge in [0.1, 0.15) is 0 Å². The van der Waals surface area contributed by atoms with Gasteiger partial charge in [-0.05, 0) is 23.8 Å². The zero-order chi connectivity index (χ0) is 13.8. The lowest BCUT2D eigenvalue weighted by Gasteiger charge is -1.98. The van der Waals surface area contributed by atoms with E-state index in [0.29, 0.717) is 15.9 Å². The van der Waals surface area contributed by atoms with E-state index in [2.05, 4.69) is 10.4 Å². The number of rotatable bonds is 3. The van der Waals surface area contributed by atoms with Gasteiger partial charge >= 0.3 is 0 Å². The van der Waals surface area contributed by atoms with Crippen LogP contribution in [0, 0.1) is 0 Å². The Morgan fingerprint density at radius 3 is 2.74 bits per heavy atom. The second-order valence-electron chi connectivity index (χ2n) is 3.87. The standard InChI is InChI=1S/C13H11Cl2N3O/c1-18-7-6-12(17-18)16-13(19)5-3-9-2-4-10(14)11(15)8-9/h2-8H,1H3,(H,16,17,19)/b5-3+. The Labute approximate surface area is 120 Å². The maximum absolute atomic E-state index is 11.6. The smallest absolute Gasteiger partial charge is 0.249 e. The molecule has 4 nitrogen and oxygen atoms in total. The fourth-order valence-corrected chi connectivity index (χ4v) is 1.74. The predicted molar refractivity (Wildman–Crippen MR) is 77.3 cm³/mol. The van der Waals surface area contributed by atoms with Crippen LogP contribution in [0.25, 0.3) is 6.08 Å². The van der Waals surface area contributed by atoms with Gasteiger partial charge in [0.2, 0.25) is 5.91 Å². The van der Waals surface area contributed by atoms with Gasteiger partial charge in [0, 0.05) is 25.4 Å². The van der Waals surface area contributed by atoms with Crippen LogP contribution in [0.4, 0.5) is 5.82 Å². The summed E-state index contributed by atoms with van der Waals surface area (Å²) in [5.41, 5.74) is 0.797. The van der Waals surface area contributed by atoms with Gasteiger partial charge in [-0.3, -0.25) is 9.48 Å². The molecule has 2 aromatic rings. The Morgan fingerprint density at radius 2 is 2.11 bits per heavy atom. The van der Waals surface area contributed by atoms with Gasteiger partial charge in [-0.15, -0.1) is 0 Å². The Morgan fingerprint density at radius 1 is 1.32 bits per heavy atom. The topological polar surface area (TPSA) is 46.9 Å². The van der Waals surface area contributed by atoms with Crippen molar-refractivity contribution < 1.29 is 4.79 Å². The number of hydrogen-bond donors (Lipinski definition) is 1. The van der Waals surface area contributed by atoms with E-state index < -0.39 is 0 Å². The molecule has 1 aromatic heterocycles. The van der Waals surface area contributed by atoms with Crippen LogP contribution in [-0.2, 0) is 11.8 Å². The van der Waals surface area contributed by atoms with E-state index >= 15 is 0 Å². The van der Waals surface area contributed by atoms with Crippen molar-refractivity contribution in [2.24, 2.45) is 7.05 Å². The van der Waals surface area contributed by atoms with Crippen LogP contribution in [0.3, 0.4) is 0 Å². The molecule has 0 saturated heterocycles. The van der Waals surface area contributed by atoms with Crippen molar-refractivity contribution in [1.29, 1.82) is 0 Å². The minimum Gasteiger partial charge on any atom is -0.306 e. The van der Waals surface area contributed by atoms with Crippen molar-refractivity contribution in [2.45, 2.75) is 0 Å². The summed E-state index contributed by atoms with van der Waals surface area (Å²) in [6.07, 6.45) is 4.81. The molecule has 0 aliphatic carbocycles. The number of carbonyl (C=O) groups excluding carboxylic acids is 1. The molecule has 0 unspecified atom stereocenters. The lowest BCUT2D eigenvalue weighted by molar-refractivity contribution is -0.111. The number of benzene rings is 1. The first-order valence-electron chi connectivity index (χ1n) is 5.48. The molecular weight excluding hydrogens is 285 g/mol. The largest absolute Gasteiger partial charge is 0.306 e. The van der Waals surface area contributed by atoms with Gasteiger partial charge in [-0.25, -0.2) is 0 Å². The summed E-state index contributed by atoms with van der Waals surface area (Å²) in [7, 11) is 1.78. The van der Waals surface area contributed by atoms with Crippen LogP contribution < -0.4 is 5.32 Å². The minimum absolute atomic E-state index is 0.259. The summed E-state index contributed by atoms with van der Waals surface area (Å²) in [5, 5.41) is 7.62. The van der Waals surface area contributed by atoms with E-state index in [4.69, 9.17) is 23.2 Å². The van der Waals surface area contributed by atoms with Gasteiger partial charge in [-0.1, -0.05) is 29.3 Å². The Bertz CT molecular complexity index is 635. The first-order chi connectivity index (χ1) is 9.04. The number of hydrogen-bond acceptors (Lipinski definition) is 2. The second kappa shape index (κ2) is 5.91. The lowest BCUT2D eigenvalue weighted by atomic mass is 10.2. The highest BCUT2D eigenvalue weighted by molar-refractivity contribution is 6.42. The molecule has 98 valence electrons. The summed E-state index contributed by atoms with van der Waals surface area (Å²) in [5.74, 6) is 0.246. The zero-order valence-electron chi connectivity index (χ0n) is 10.1. The lowest BCUT2D eigenvalue weighted by Crippen LogP contribution is -2.08. The molecule has 1 amide bonds. The fourth-order valence-electron chi connectivity index (χ4n) is 1.44. The number of nitrogens with zero attached hydrogens (tertiary/aromatic N) is 2. The first-order valence-corrected chi connectivity index (χ1v) is 6.24. The number of carbonyl (C=O) groups is 1. The number of anilines is 1. The van der Waals surface area contributed by atoms with Gasteiger partial charge in [0.25, 0.3) is 0 Å². The van der Waals surface area contributed by atoms with Crippen LogP contribution in [0.5, 0.6) is 0 Å². The molecule has 0 bridgehead atoms. The summed E-state index contributed by atoms with van der Waals surface area (Å²) < 4.78 is 1.61. The Kier molecular flexibility index (Phi) is 4.24. The van der Waals surface area contributed by atoms with Crippen LogP contribution in [-0.4, -0.2) is 15.7 Å². The van der Waals surface area contributed by atoms with Gasteiger partial charge in [0.05, 0.1) is 10.0 Å². The molecule has 0 aliphatic rings. The van der Waals surface area contributed by atoms with Crippen LogP contribution in [0.1, 0.15) is 5.56 Å². The highest BCUT2D eigenvalue weighted by Gasteiger charge is 2.01. The first kappa shape index (κ1) is 13.6. The average Bonchev–Trinajstić information content (AvgIpc) is 2.76. The SMILES string of the molecule is Cn1ccc(NC(=O)/C=C/c2ccc(Cl)c(Cl)c2)n1.